The third-order valence-electron chi connectivity index (χ3n) is 6.02. The molecule has 1 unspecified atom stereocenters. The van der Waals surface area contributed by atoms with Crippen molar-refractivity contribution in [3.05, 3.63) is 120 Å². The molecular formula is C28H21NO4Se. The van der Waals surface area contributed by atoms with Crippen molar-refractivity contribution in [2.24, 2.45) is 0 Å². The summed E-state index contributed by atoms with van der Waals surface area (Å²) >= 11 is 0.318. The van der Waals surface area contributed by atoms with Gasteiger partial charge in [0.15, 0.2) is 0 Å². The predicted octanol–water partition coefficient (Wildman–Crippen LogP) is 5.06. The van der Waals surface area contributed by atoms with Crippen molar-refractivity contribution >= 4 is 19.4 Å². The molecule has 3 aromatic carbocycles. The van der Waals surface area contributed by atoms with Gasteiger partial charge in [-0.25, -0.2) is 0 Å². The Kier molecular flexibility index (Phi) is 5.34. The zero-order valence-corrected chi connectivity index (χ0v) is 19.9. The third-order valence-corrected chi connectivity index (χ3v) is 7.98. The first kappa shape index (κ1) is 21.0. The molecule has 0 aliphatic carbocycles. The van der Waals surface area contributed by atoms with E-state index in [-0.39, 0.29) is 5.75 Å². The van der Waals surface area contributed by atoms with Crippen LogP contribution in [0.2, 0.25) is 5.32 Å². The fourth-order valence-electron chi connectivity index (χ4n) is 4.54. The number of benzene rings is 3. The van der Waals surface area contributed by atoms with Crippen LogP contribution in [-0.4, -0.2) is 25.0 Å². The van der Waals surface area contributed by atoms with Crippen molar-refractivity contribution in [2.75, 3.05) is 0 Å². The van der Waals surface area contributed by atoms with Gasteiger partial charge in [-0.3, -0.25) is 0 Å². The van der Waals surface area contributed by atoms with Crippen LogP contribution < -0.4 is 13.9 Å². The molecule has 1 aromatic heterocycles. The zero-order chi connectivity index (χ0) is 23.0. The molecule has 0 radical (unpaired) electrons. The number of pyridine rings is 1. The quantitative estimate of drug-likeness (QED) is 0.298. The molecule has 0 bridgehead atoms. The Morgan fingerprint density at radius 3 is 2.71 bits per heavy atom. The summed E-state index contributed by atoms with van der Waals surface area (Å²) in [5.41, 5.74) is 3.26. The Hall–Kier alpha value is -3.57. The monoisotopic (exact) mass is 515 g/mol. The van der Waals surface area contributed by atoms with Gasteiger partial charge in [-0.2, -0.15) is 0 Å². The summed E-state index contributed by atoms with van der Waals surface area (Å²) < 4.78 is 19.9. The third kappa shape index (κ3) is 3.57. The molecular weight excluding hydrogens is 493 g/mol. The van der Waals surface area contributed by atoms with Crippen LogP contribution >= 0.6 is 0 Å². The standard InChI is InChI=1S/C28H21NO4Se/c30-20-8-10-24-26(15-20)33-27-16-21(31-13-4-14-34-22-6-3-12-29-17-22)9-11-25(27)28(24)23-7-2-1-5-19(23)18-32-28/h1-13,15-17,30H,14,18H2/b13-4+. The summed E-state index contributed by atoms with van der Waals surface area (Å²) in [6, 6.07) is 23.3. The number of ether oxygens (including phenoxy) is 3. The Morgan fingerprint density at radius 2 is 1.82 bits per heavy atom. The Morgan fingerprint density at radius 1 is 0.971 bits per heavy atom. The molecule has 1 atom stereocenters. The first-order valence-electron chi connectivity index (χ1n) is 11.0. The van der Waals surface area contributed by atoms with E-state index in [0.717, 1.165) is 27.6 Å². The van der Waals surface area contributed by atoms with Crippen LogP contribution in [0.1, 0.15) is 22.3 Å². The van der Waals surface area contributed by atoms with E-state index in [2.05, 4.69) is 23.2 Å². The van der Waals surface area contributed by atoms with Crippen molar-refractivity contribution in [1.29, 1.82) is 0 Å². The molecule has 3 heterocycles. The van der Waals surface area contributed by atoms with E-state index in [1.165, 1.54) is 4.46 Å². The number of fused-ring (bicyclic) bond motifs is 6. The van der Waals surface area contributed by atoms with Gasteiger partial charge in [0.05, 0.1) is 0 Å². The summed E-state index contributed by atoms with van der Waals surface area (Å²) in [4.78, 5) is 4.16. The topological polar surface area (TPSA) is 60.8 Å². The van der Waals surface area contributed by atoms with Crippen LogP contribution in [0.25, 0.3) is 0 Å². The van der Waals surface area contributed by atoms with E-state index >= 15 is 0 Å². The SMILES string of the molecule is Oc1ccc2c(c1)Oc1cc(O/C=C/C[Se]c3cccnc3)ccc1C21OCc2ccccc21. The molecule has 1 N–H and O–H groups in total. The maximum atomic E-state index is 10.1. The van der Waals surface area contributed by atoms with E-state index in [9.17, 15) is 5.11 Å². The Bertz CT molecular complexity index is 1390. The molecule has 0 amide bonds. The van der Waals surface area contributed by atoms with Crippen molar-refractivity contribution < 1.29 is 19.3 Å². The first-order chi connectivity index (χ1) is 16.7. The van der Waals surface area contributed by atoms with E-state index in [0.29, 0.717) is 38.8 Å². The number of allylic oxidation sites excluding steroid dienone is 1. The van der Waals surface area contributed by atoms with Gasteiger partial charge in [0.25, 0.3) is 0 Å². The van der Waals surface area contributed by atoms with Gasteiger partial charge in [0.1, 0.15) is 0 Å². The van der Waals surface area contributed by atoms with Crippen LogP contribution in [-0.2, 0) is 16.9 Å². The molecule has 0 fully saturated rings. The van der Waals surface area contributed by atoms with E-state index in [1.807, 2.05) is 54.7 Å². The summed E-state index contributed by atoms with van der Waals surface area (Å²) in [7, 11) is 0. The van der Waals surface area contributed by atoms with Crippen molar-refractivity contribution in [3.8, 4) is 23.0 Å². The normalized spacial score (nSPS) is 17.8. The van der Waals surface area contributed by atoms with Gasteiger partial charge in [0, 0.05) is 0 Å². The number of aromatic hydroxyl groups is 1. The van der Waals surface area contributed by atoms with Crippen LogP contribution in [0.5, 0.6) is 23.0 Å². The number of phenols is 1. The minimum atomic E-state index is -0.784. The molecule has 5 nitrogen and oxygen atoms in total. The molecule has 168 valence electrons. The first-order valence-corrected chi connectivity index (χ1v) is 13.0. The minimum absolute atomic E-state index is 0.148. The van der Waals surface area contributed by atoms with Gasteiger partial charge in [0.2, 0.25) is 0 Å². The number of rotatable bonds is 5. The number of nitrogens with zero attached hydrogens (tertiary/aromatic N) is 1. The summed E-state index contributed by atoms with van der Waals surface area (Å²) in [6.45, 7) is 0.510. The second-order valence-corrected chi connectivity index (χ2v) is 10.4. The van der Waals surface area contributed by atoms with Gasteiger partial charge in [-0.05, 0) is 0 Å². The fourth-order valence-corrected chi connectivity index (χ4v) is 5.96. The van der Waals surface area contributed by atoms with E-state index in [1.54, 1.807) is 24.6 Å². The maximum absolute atomic E-state index is 10.1. The number of hydrogen-bond donors (Lipinski definition) is 1. The van der Waals surface area contributed by atoms with Crippen LogP contribution in [0, 0.1) is 0 Å². The summed E-state index contributed by atoms with van der Waals surface area (Å²) in [5, 5.41) is 11.0. The van der Waals surface area contributed by atoms with Gasteiger partial charge >= 0.3 is 198 Å². The molecule has 34 heavy (non-hydrogen) atoms. The van der Waals surface area contributed by atoms with Gasteiger partial charge in [-0.15, -0.1) is 0 Å². The number of aromatic nitrogens is 1. The van der Waals surface area contributed by atoms with Crippen molar-refractivity contribution in [2.45, 2.75) is 17.5 Å². The Labute approximate surface area is 203 Å². The molecule has 0 saturated carbocycles. The van der Waals surface area contributed by atoms with Crippen LogP contribution in [0.4, 0.5) is 0 Å². The molecule has 2 aliphatic heterocycles. The number of hydrogen-bond acceptors (Lipinski definition) is 5. The van der Waals surface area contributed by atoms with Gasteiger partial charge in [-0.1, -0.05) is 6.07 Å². The molecule has 6 heteroatoms. The van der Waals surface area contributed by atoms with Crippen LogP contribution in [0.15, 0.2) is 97.5 Å². The second-order valence-electron chi connectivity index (χ2n) is 8.06. The molecule has 2 aliphatic rings. The van der Waals surface area contributed by atoms with Crippen molar-refractivity contribution in [1.82, 2.24) is 4.98 Å². The average molecular weight is 514 g/mol. The fraction of sp³-hybridized carbons (Fsp3) is 0.107. The van der Waals surface area contributed by atoms with Gasteiger partial charge < -0.3 is 0 Å². The second kappa shape index (κ2) is 8.65. The van der Waals surface area contributed by atoms with Crippen LogP contribution in [0.3, 0.4) is 0 Å². The van der Waals surface area contributed by atoms with E-state index in [4.69, 9.17) is 14.2 Å². The average Bonchev–Trinajstić information content (AvgIpc) is 3.24. The zero-order valence-electron chi connectivity index (χ0n) is 18.2. The molecule has 1 spiro atoms. The Balaban J connectivity index is 1.31. The van der Waals surface area contributed by atoms with E-state index < -0.39 is 5.60 Å². The molecule has 6 rings (SSSR count). The summed E-state index contributed by atoms with van der Waals surface area (Å²) in [5.74, 6) is 2.06. The molecule has 0 saturated heterocycles. The molecule has 4 aromatic rings. The van der Waals surface area contributed by atoms with Crippen molar-refractivity contribution in [3.63, 3.8) is 0 Å². The summed E-state index contributed by atoms with van der Waals surface area (Å²) in [6.07, 6.45) is 7.44. The predicted molar refractivity (Wildman–Crippen MR) is 130 cm³/mol. The number of phenolic OH excluding ortho intramolecular Hbond substituents is 1.